The summed E-state index contributed by atoms with van der Waals surface area (Å²) in [6.45, 7) is 6.61. The normalized spacial score (nSPS) is 10.3. The van der Waals surface area contributed by atoms with Crippen molar-refractivity contribution in [1.29, 1.82) is 0 Å². The molecule has 0 fully saturated rings. The summed E-state index contributed by atoms with van der Waals surface area (Å²) in [5.41, 5.74) is 3.26. The van der Waals surface area contributed by atoms with Crippen LogP contribution in [0.2, 0.25) is 19.6 Å². The van der Waals surface area contributed by atoms with E-state index in [0.717, 1.165) is 19.1 Å². The summed E-state index contributed by atoms with van der Waals surface area (Å²) in [5, 5.41) is 0. The molecule has 0 bridgehead atoms. The van der Waals surface area contributed by atoms with Crippen molar-refractivity contribution in [2.75, 3.05) is 0 Å². The first kappa shape index (κ1) is 14.1. The number of hydrogen-bond donors (Lipinski definition) is 0. The fourth-order valence-electron chi connectivity index (χ4n) is 1.05. The van der Waals surface area contributed by atoms with E-state index < -0.39 is 8.07 Å². The molecule has 0 unspecified atom stereocenters. The number of hydrogen-bond acceptors (Lipinski definition) is 2. The first-order valence-electron chi connectivity index (χ1n) is 5.41. The Morgan fingerprint density at radius 2 is 1.93 bits per heavy atom. The summed E-state index contributed by atoms with van der Waals surface area (Å²) in [6, 6.07) is 0. The van der Waals surface area contributed by atoms with Gasteiger partial charge in [-0.1, -0.05) is 19.6 Å². The van der Waals surface area contributed by atoms with E-state index in [4.69, 9.17) is 0 Å². The molecule has 0 amide bonds. The number of Topliss-reactive ketones (excluding diaryl/α,β-unsaturated/α-hetero) is 1. The van der Waals surface area contributed by atoms with Crippen LogP contribution in [0.25, 0.3) is 0 Å². The van der Waals surface area contributed by atoms with Crippen molar-refractivity contribution in [3.63, 3.8) is 0 Å². The minimum absolute atomic E-state index is 0.178. The first-order valence-corrected chi connectivity index (χ1v) is 8.91. The van der Waals surface area contributed by atoms with Gasteiger partial charge < -0.3 is 4.79 Å². The molecule has 84 valence electrons. The zero-order chi connectivity index (χ0) is 11.7. The minimum Gasteiger partial charge on any atom is -0.303 e. The van der Waals surface area contributed by atoms with Gasteiger partial charge in [-0.2, -0.15) is 0 Å². The quantitative estimate of drug-likeness (QED) is 0.301. The van der Waals surface area contributed by atoms with Gasteiger partial charge >= 0.3 is 0 Å². The topological polar surface area (TPSA) is 34.1 Å². The number of carbonyl (C=O) groups is 2. The van der Waals surface area contributed by atoms with Crippen molar-refractivity contribution in [1.82, 2.24) is 0 Å². The molecule has 0 aromatic carbocycles. The highest BCUT2D eigenvalue weighted by Crippen LogP contribution is 2.01. The number of unbranched alkanes of at least 4 members (excludes halogenated alkanes) is 1. The van der Waals surface area contributed by atoms with Crippen LogP contribution in [-0.4, -0.2) is 20.1 Å². The number of aldehydes is 1. The number of rotatable bonds is 6. The molecule has 0 saturated carbocycles. The predicted octanol–water partition coefficient (Wildman–Crippen LogP) is 2.59. The predicted molar refractivity (Wildman–Crippen MR) is 65.3 cm³/mol. The third kappa shape index (κ3) is 11.0. The maximum absolute atomic E-state index is 11.2. The lowest BCUT2D eigenvalue weighted by Crippen LogP contribution is -2.16. The Morgan fingerprint density at radius 1 is 1.27 bits per heavy atom. The highest BCUT2D eigenvalue weighted by Gasteiger charge is 2.07. The largest absolute Gasteiger partial charge is 0.303 e. The van der Waals surface area contributed by atoms with E-state index in [1.807, 2.05) is 0 Å². The monoisotopic (exact) mass is 224 g/mol. The second-order valence-electron chi connectivity index (χ2n) is 4.65. The van der Waals surface area contributed by atoms with Crippen LogP contribution in [-0.2, 0) is 9.59 Å². The summed E-state index contributed by atoms with van der Waals surface area (Å²) in [6.07, 6.45) is 3.74. The minimum atomic E-state index is -1.25. The van der Waals surface area contributed by atoms with Gasteiger partial charge in [-0.3, -0.25) is 4.79 Å². The van der Waals surface area contributed by atoms with E-state index in [1.165, 1.54) is 0 Å². The average molecular weight is 224 g/mol. The first-order chi connectivity index (χ1) is 6.95. The van der Waals surface area contributed by atoms with E-state index in [0.29, 0.717) is 19.3 Å². The van der Waals surface area contributed by atoms with Crippen LogP contribution in [0.15, 0.2) is 0 Å². The zero-order valence-corrected chi connectivity index (χ0v) is 10.9. The van der Waals surface area contributed by atoms with Gasteiger partial charge in [-0.15, -0.1) is 11.5 Å². The Labute approximate surface area is 93.5 Å². The van der Waals surface area contributed by atoms with Crippen LogP contribution in [0.4, 0.5) is 0 Å². The maximum atomic E-state index is 11.2. The van der Waals surface area contributed by atoms with Gasteiger partial charge in [0.25, 0.3) is 0 Å². The Hall–Kier alpha value is -0.883. The van der Waals surface area contributed by atoms with Crippen molar-refractivity contribution in [2.45, 2.75) is 51.7 Å². The standard InChI is InChI=1S/C12H20O2Si/c1-15(2,3)11-6-4-5-8-12(14)9-7-10-13/h10H,4-5,7-9H2,1-3H3. The summed E-state index contributed by atoms with van der Waals surface area (Å²) in [4.78, 5) is 21.2. The molecule has 15 heavy (non-hydrogen) atoms. The van der Waals surface area contributed by atoms with Crippen LogP contribution in [0.5, 0.6) is 0 Å². The summed E-state index contributed by atoms with van der Waals surface area (Å²) in [5.74, 6) is 3.30. The van der Waals surface area contributed by atoms with Crippen LogP contribution < -0.4 is 0 Å². The van der Waals surface area contributed by atoms with Crippen LogP contribution >= 0.6 is 0 Å². The molecule has 3 heteroatoms. The second kappa shape index (κ2) is 7.41. The third-order valence-electron chi connectivity index (χ3n) is 1.76. The van der Waals surface area contributed by atoms with Crippen molar-refractivity contribution >= 4 is 20.1 Å². The van der Waals surface area contributed by atoms with Crippen molar-refractivity contribution in [3.05, 3.63) is 0 Å². The van der Waals surface area contributed by atoms with Gasteiger partial charge in [-0.25, -0.2) is 0 Å². The lowest BCUT2D eigenvalue weighted by atomic mass is 10.1. The molecule has 2 nitrogen and oxygen atoms in total. The van der Waals surface area contributed by atoms with Crippen LogP contribution in [0, 0.1) is 11.5 Å². The smallest absolute Gasteiger partial charge is 0.133 e. The Balaban J connectivity index is 3.57. The SMILES string of the molecule is C[Si](C)(C)C#CCCCC(=O)CCC=O. The van der Waals surface area contributed by atoms with Gasteiger partial charge in [0.05, 0.1) is 0 Å². The van der Waals surface area contributed by atoms with Gasteiger partial charge in [0.2, 0.25) is 0 Å². The fraction of sp³-hybridized carbons (Fsp3) is 0.667. The summed E-state index contributed by atoms with van der Waals surface area (Å²) < 4.78 is 0. The molecule has 0 rings (SSSR count). The van der Waals surface area contributed by atoms with Gasteiger partial charge in [0.1, 0.15) is 20.1 Å². The molecule has 0 aromatic heterocycles. The third-order valence-corrected chi connectivity index (χ3v) is 2.69. The molecule has 0 aliphatic heterocycles. The van der Waals surface area contributed by atoms with E-state index in [1.54, 1.807) is 0 Å². The molecule has 0 atom stereocenters. The van der Waals surface area contributed by atoms with E-state index in [2.05, 4.69) is 31.1 Å². The highest BCUT2D eigenvalue weighted by atomic mass is 28.3. The molecule has 0 spiro atoms. The van der Waals surface area contributed by atoms with Crippen molar-refractivity contribution < 1.29 is 9.59 Å². The molecule has 0 aliphatic rings. The molecular formula is C12H20O2Si. The molecule has 0 aromatic rings. The molecule has 0 aliphatic carbocycles. The second-order valence-corrected chi connectivity index (χ2v) is 9.40. The Bertz CT molecular complexity index is 266. The molecule has 0 N–H and O–H groups in total. The molecule has 0 heterocycles. The molecule has 0 radical (unpaired) electrons. The Morgan fingerprint density at radius 3 is 2.47 bits per heavy atom. The van der Waals surface area contributed by atoms with Gasteiger partial charge in [-0.05, 0) is 6.42 Å². The number of carbonyl (C=O) groups excluding carboxylic acids is 2. The van der Waals surface area contributed by atoms with Gasteiger partial charge in [0.15, 0.2) is 0 Å². The Kier molecular flexibility index (Phi) is 6.98. The summed E-state index contributed by atoms with van der Waals surface area (Å²) in [7, 11) is -1.25. The van der Waals surface area contributed by atoms with E-state index >= 15 is 0 Å². The highest BCUT2D eigenvalue weighted by molar-refractivity contribution is 6.83. The van der Waals surface area contributed by atoms with Crippen LogP contribution in [0.3, 0.4) is 0 Å². The summed E-state index contributed by atoms with van der Waals surface area (Å²) >= 11 is 0. The van der Waals surface area contributed by atoms with Crippen molar-refractivity contribution in [3.8, 4) is 11.5 Å². The lowest BCUT2D eigenvalue weighted by Gasteiger charge is -2.03. The average Bonchev–Trinajstić information content (AvgIpc) is 2.12. The molecular weight excluding hydrogens is 204 g/mol. The van der Waals surface area contributed by atoms with Crippen molar-refractivity contribution in [2.24, 2.45) is 0 Å². The van der Waals surface area contributed by atoms with Crippen LogP contribution in [0.1, 0.15) is 32.1 Å². The lowest BCUT2D eigenvalue weighted by molar-refractivity contribution is -0.120. The maximum Gasteiger partial charge on any atom is 0.133 e. The zero-order valence-electron chi connectivity index (χ0n) is 9.93. The van der Waals surface area contributed by atoms with E-state index in [9.17, 15) is 9.59 Å². The van der Waals surface area contributed by atoms with E-state index in [-0.39, 0.29) is 5.78 Å². The molecule has 0 saturated heterocycles. The number of ketones is 1. The van der Waals surface area contributed by atoms with Gasteiger partial charge in [0, 0.05) is 25.7 Å². The fourth-order valence-corrected chi connectivity index (χ4v) is 1.70.